The van der Waals surface area contributed by atoms with Crippen molar-refractivity contribution in [1.29, 1.82) is 5.26 Å². The van der Waals surface area contributed by atoms with Crippen molar-refractivity contribution in [2.45, 2.75) is 0 Å². The van der Waals surface area contributed by atoms with Crippen LogP contribution < -0.4 is 0 Å². The van der Waals surface area contributed by atoms with E-state index in [4.69, 9.17) is 16.9 Å². The van der Waals surface area contributed by atoms with Crippen LogP contribution in [0.15, 0.2) is 24.4 Å². The predicted molar refractivity (Wildman–Crippen MR) is 53.7 cm³/mol. The predicted octanol–water partition coefficient (Wildman–Crippen LogP) is 2.74. The van der Waals surface area contributed by atoms with Crippen molar-refractivity contribution in [2.75, 3.05) is 0 Å². The average molecular weight is 222 g/mol. The van der Waals surface area contributed by atoms with Gasteiger partial charge in [-0.05, 0) is 18.2 Å². The van der Waals surface area contributed by atoms with Crippen LogP contribution in [0, 0.1) is 17.1 Å². The summed E-state index contributed by atoms with van der Waals surface area (Å²) in [6, 6.07) is 6.18. The van der Waals surface area contributed by atoms with Crippen LogP contribution in [0.25, 0.3) is 11.3 Å². The number of nitrogens with one attached hydrogen (secondary N) is 1. The van der Waals surface area contributed by atoms with E-state index in [1.165, 1.54) is 18.3 Å². The third kappa shape index (κ3) is 1.83. The van der Waals surface area contributed by atoms with Crippen LogP contribution in [-0.2, 0) is 0 Å². The first kappa shape index (κ1) is 9.69. The zero-order valence-corrected chi connectivity index (χ0v) is 8.22. The SMILES string of the molecule is N#Cc1ncc(-c2ccc(F)c(Cl)c2)[nH]1. The summed E-state index contributed by atoms with van der Waals surface area (Å²) in [6.07, 6.45) is 1.50. The van der Waals surface area contributed by atoms with E-state index in [1.54, 1.807) is 6.07 Å². The molecule has 0 unspecified atom stereocenters. The van der Waals surface area contributed by atoms with Gasteiger partial charge >= 0.3 is 0 Å². The minimum atomic E-state index is -0.472. The van der Waals surface area contributed by atoms with Crippen molar-refractivity contribution >= 4 is 11.6 Å². The number of nitrogens with zero attached hydrogens (tertiary/aromatic N) is 2. The fraction of sp³-hybridized carbons (Fsp3) is 0. The summed E-state index contributed by atoms with van der Waals surface area (Å²) >= 11 is 5.63. The van der Waals surface area contributed by atoms with E-state index in [1.807, 2.05) is 6.07 Å². The molecular formula is C10H5ClFN3. The molecule has 0 aliphatic heterocycles. The van der Waals surface area contributed by atoms with Gasteiger partial charge in [0, 0.05) is 5.56 Å². The van der Waals surface area contributed by atoms with Crippen LogP contribution >= 0.6 is 11.6 Å². The maximum atomic E-state index is 12.9. The third-order valence-corrected chi connectivity index (χ3v) is 2.20. The standard InChI is InChI=1S/C10H5ClFN3/c11-7-3-6(1-2-8(7)12)9-5-14-10(4-13)15-9/h1-3,5H,(H,14,15). The second-order valence-corrected chi connectivity index (χ2v) is 3.29. The van der Waals surface area contributed by atoms with Gasteiger partial charge in [0.15, 0.2) is 0 Å². The Hall–Kier alpha value is -1.86. The lowest BCUT2D eigenvalue weighted by molar-refractivity contribution is 0.628. The summed E-state index contributed by atoms with van der Waals surface area (Å²) in [7, 11) is 0. The number of benzene rings is 1. The largest absolute Gasteiger partial charge is 0.329 e. The van der Waals surface area contributed by atoms with E-state index in [9.17, 15) is 4.39 Å². The molecule has 0 spiro atoms. The monoisotopic (exact) mass is 221 g/mol. The molecule has 0 aliphatic rings. The molecule has 0 bridgehead atoms. The third-order valence-electron chi connectivity index (χ3n) is 1.91. The minimum absolute atomic E-state index is 0.0422. The van der Waals surface area contributed by atoms with E-state index in [-0.39, 0.29) is 10.8 Å². The first-order valence-corrected chi connectivity index (χ1v) is 4.49. The lowest BCUT2D eigenvalue weighted by atomic mass is 10.2. The average Bonchev–Trinajstić information content (AvgIpc) is 2.70. The van der Waals surface area contributed by atoms with Gasteiger partial charge in [-0.25, -0.2) is 9.37 Å². The van der Waals surface area contributed by atoms with E-state index < -0.39 is 5.82 Å². The van der Waals surface area contributed by atoms with Gasteiger partial charge in [0.1, 0.15) is 11.9 Å². The van der Waals surface area contributed by atoms with Gasteiger partial charge in [0.2, 0.25) is 5.82 Å². The molecule has 2 rings (SSSR count). The number of hydrogen-bond acceptors (Lipinski definition) is 2. The number of aromatic nitrogens is 2. The fourth-order valence-corrected chi connectivity index (χ4v) is 1.37. The van der Waals surface area contributed by atoms with Gasteiger partial charge in [-0.2, -0.15) is 5.26 Å². The van der Waals surface area contributed by atoms with E-state index in [0.717, 1.165) is 0 Å². The quantitative estimate of drug-likeness (QED) is 0.805. The van der Waals surface area contributed by atoms with Crippen LogP contribution in [0.2, 0.25) is 5.02 Å². The summed E-state index contributed by atoms with van der Waals surface area (Å²) in [5.41, 5.74) is 1.32. The zero-order valence-electron chi connectivity index (χ0n) is 7.46. The number of nitriles is 1. The number of rotatable bonds is 1. The van der Waals surface area contributed by atoms with Crippen LogP contribution in [0.4, 0.5) is 4.39 Å². The highest BCUT2D eigenvalue weighted by Gasteiger charge is 2.05. The van der Waals surface area contributed by atoms with E-state index in [0.29, 0.717) is 11.3 Å². The summed E-state index contributed by atoms with van der Waals surface area (Å²) in [4.78, 5) is 6.58. The molecule has 0 saturated carbocycles. The first-order chi connectivity index (χ1) is 7.20. The molecule has 1 heterocycles. The van der Waals surface area contributed by atoms with Crippen molar-refractivity contribution in [3.8, 4) is 17.3 Å². The molecule has 3 nitrogen and oxygen atoms in total. The normalized spacial score (nSPS) is 9.93. The molecule has 1 aromatic heterocycles. The topological polar surface area (TPSA) is 52.5 Å². The molecule has 15 heavy (non-hydrogen) atoms. The maximum Gasteiger partial charge on any atom is 0.210 e. The number of halogens is 2. The Balaban J connectivity index is 2.46. The molecular weight excluding hydrogens is 217 g/mol. The Morgan fingerprint density at radius 1 is 1.47 bits per heavy atom. The van der Waals surface area contributed by atoms with Gasteiger partial charge in [-0.15, -0.1) is 0 Å². The van der Waals surface area contributed by atoms with Crippen molar-refractivity contribution in [1.82, 2.24) is 9.97 Å². The van der Waals surface area contributed by atoms with Crippen molar-refractivity contribution in [2.24, 2.45) is 0 Å². The highest BCUT2D eigenvalue weighted by molar-refractivity contribution is 6.31. The second kappa shape index (κ2) is 3.71. The van der Waals surface area contributed by atoms with E-state index in [2.05, 4.69) is 9.97 Å². The van der Waals surface area contributed by atoms with Gasteiger partial charge in [-0.1, -0.05) is 11.6 Å². The first-order valence-electron chi connectivity index (χ1n) is 4.11. The Labute approximate surface area is 90.1 Å². The van der Waals surface area contributed by atoms with Crippen molar-refractivity contribution < 1.29 is 4.39 Å². The summed E-state index contributed by atoms with van der Waals surface area (Å²) < 4.78 is 12.9. The highest BCUT2D eigenvalue weighted by atomic mass is 35.5. The Morgan fingerprint density at radius 3 is 2.87 bits per heavy atom. The highest BCUT2D eigenvalue weighted by Crippen LogP contribution is 2.23. The Morgan fingerprint density at radius 2 is 2.27 bits per heavy atom. The lowest BCUT2D eigenvalue weighted by Gasteiger charge is -1.98. The van der Waals surface area contributed by atoms with Crippen molar-refractivity contribution in [3.63, 3.8) is 0 Å². The van der Waals surface area contributed by atoms with Gasteiger partial charge in [-0.3, -0.25) is 0 Å². The number of imidazole rings is 1. The van der Waals surface area contributed by atoms with Crippen LogP contribution in [0.3, 0.4) is 0 Å². The molecule has 0 atom stereocenters. The number of H-pyrrole nitrogens is 1. The molecule has 0 aliphatic carbocycles. The van der Waals surface area contributed by atoms with Gasteiger partial charge in [0.05, 0.1) is 16.9 Å². The molecule has 0 saturated heterocycles. The number of aromatic amines is 1. The maximum absolute atomic E-state index is 12.9. The molecule has 5 heteroatoms. The van der Waals surface area contributed by atoms with E-state index >= 15 is 0 Å². The van der Waals surface area contributed by atoms with Crippen LogP contribution in [0.1, 0.15) is 5.82 Å². The molecule has 74 valence electrons. The fourth-order valence-electron chi connectivity index (χ4n) is 1.19. The smallest absolute Gasteiger partial charge is 0.210 e. The van der Waals surface area contributed by atoms with Crippen LogP contribution in [0.5, 0.6) is 0 Å². The Kier molecular flexibility index (Phi) is 2.40. The number of hydrogen-bond donors (Lipinski definition) is 1. The molecule has 0 fully saturated rings. The summed E-state index contributed by atoms with van der Waals surface area (Å²) in [5.74, 6) is -0.258. The molecule has 1 N–H and O–H groups in total. The second-order valence-electron chi connectivity index (χ2n) is 2.89. The Bertz CT molecular complexity index is 542. The minimum Gasteiger partial charge on any atom is -0.329 e. The molecule has 1 aromatic carbocycles. The van der Waals surface area contributed by atoms with Crippen LogP contribution in [-0.4, -0.2) is 9.97 Å². The molecule has 2 aromatic rings. The van der Waals surface area contributed by atoms with Crippen molar-refractivity contribution in [3.05, 3.63) is 41.1 Å². The van der Waals surface area contributed by atoms with Gasteiger partial charge < -0.3 is 4.98 Å². The molecule has 0 radical (unpaired) electrons. The lowest BCUT2D eigenvalue weighted by Crippen LogP contribution is -1.81. The zero-order chi connectivity index (χ0) is 10.8. The summed E-state index contributed by atoms with van der Waals surface area (Å²) in [5, 5.41) is 8.61. The van der Waals surface area contributed by atoms with Gasteiger partial charge in [0.25, 0.3) is 0 Å². The molecule has 0 amide bonds. The summed E-state index contributed by atoms with van der Waals surface area (Å²) in [6.45, 7) is 0.